The molecule has 3 aromatic carbocycles. The normalized spacial score (nSPS) is 22.8. The lowest BCUT2D eigenvalue weighted by molar-refractivity contribution is -0.382. The van der Waals surface area contributed by atoms with Gasteiger partial charge in [-0.25, -0.2) is 4.79 Å². The fraction of sp³-hybridized carbons (Fsp3) is 0.534. The van der Waals surface area contributed by atoms with E-state index < -0.39 is 146 Å². The summed E-state index contributed by atoms with van der Waals surface area (Å²) in [4.78, 5) is 111. The molecular formula is C58H80N8O22S2. The highest BCUT2D eigenvalue weighted by Gasteiger charge is 2.57. The highest BCUT2D eigenvalue weighted by Crippen LogP contribution is 2.36. The van der Waals surface area contributed by atoms with Gasteiger partial charge >= 0.3 is 5.97 Å². The van der Waals surface area contributed by atoms with Crippen molar-refractivity contribution >= 4 is 88.1 Å². The minimum absolute atomic E-state index is 0.143. The number of rotatable bonds is 34. The zero-order valence-electron chi connectivity index (χ0n) is 49.8. The van der Waals surface area contributed by atoms with Crippen molar-refractivity contribution in [1.82, 2.24) is 31.9 Å². The fourth-order valence-electron chi connectivity index (χ4n) is 9.52. The molecule has 30 nitrogen and oxygen atoms in total. The number of hydrogen-bond donors (Lipinski definition) is 17. The Labute approximate surface area is 526 Å². The summed E-state index contributed by atoms with van der Waals surface area (Å²) in [5, 5.41) is 118. The van der Waals surface area contributed by atoms with E-state index in [1.165, 1.54) is 110 Å². The number of nitrogens with one attached hydrogen (secondary N) is 8. The van der Waals surface area contributed by atoms with E-state index in [4.69, 9.17) is 18.9 Å². The standard InChI is InChI=1S/C58H80N8O22S2/c1-31(67)63-39-15-11-37(12-16-39)53(79)61-29-43(73)47(75)49-45(65-33(3)69)41(71)27-57(87-49,55(81)82)85-21-5-23-89-25-19-59-51(77)35-7-9-36(10-8-35)52(78)60-20-26-90-24-6-22-86-58(56(83)84)28-42(72)46(66-34(4)70)50(88-58)48(76)44(74)30-62-54(80)38-13-17-40(18-14-38)64-32(2)68/h7-18,41-50,55,71-76,81-82H,5-6,19-30H2,1-4H3,(H,59,77)(H,60,78)(H,61,79)(H,62,80)(H,63,67)(H,64,68)(H,65,69)(H,66,70)(H,83,84)/t41-,42-,43+,44+,45+,46+,47+,48+,49+,50+,57+,58+/m0/s1. The van der Waals surface area contributed by atoms with Gasteiger partial charge in [0.05, 0.1) is 49.7 Å². The van der Waals surface area contributed by atoms with Crippen molar-refractivity contribution in [2.24, 2.45) is 0 Å². The van der Waals surface area contributed by atoms with E-state index in [1.807, 2.05) is 0 Å². The van der Waals surface area contributed by atoms with Crippen LogP contribution in [0.4, 0.5) is 11.4 Å². The number of anilines is 2. The van der Waals surface area contributed by atoms with Crippen LogP contribution in [0.5, 0.6) is 0 Å². The molecule has 0 bridgehead atoms. The third-order valence-electron chi connectivity index (χ3n) is 14.0. The number of carboxylic acid groups (broad SMARTS) is 1. The minimum atomic E-state index is -2.51. The van der Waals surface area contributed by atoms with Crippen molar-refractivity contribution in [3.63, 3.8) is 0 Å². The zero-order valence-corrected chi connectivity index (χ0v) is 51.5. The summed E-state index contributed by atoms with van der Waals surface area (Å²) in [6, 6.07) is 14.8. The van der Waals surface area contributed by atoms with Crippen molar-refractivity contribution in [2.75, 3.05) is 73.0 Å². The van der Waals surface area contributed by atoms with E-state index >= 15 is 0 Å². The molecule has 3 aromatic rings. The molecule has 0 unspecified atom stereocenters. The second kappa shape index (κ2) is 35.6. The topological polar surface area (TPSA) is 469 Å². The lowest BCUT2D eigenvalue weighted by Gasteiger charge is -2.49. The predicted molar refractivity (Wildman–Crippen MR) is 325 cm³/mol. The second-order valence-corrected chi connectivity index (χ2v) is 23.6. The van der Waals surface area contributed by atoms with Crippen molar-refractivity contribution in [2.45, 2.75) is 132 Å². The van der Waals surface area contributed by atoms with Crippen molar-refractivity contribution in [1.29, 1.82) is 0 Å². The van der Waals surface area contributed by atoms with Crippen LogP contribution < -0.4 is 42.5 Å². The molecular weight excluding hydrogens is 1220 g/mol. The average molecular weight is 1310 g/mol. The van der Waals surface area contributed by atoms with Gasteiger partial charge in [-0.1, -0.05) is 0 Å². The van der Waals surface area contributed by atoms with Gasteiger partial charge in [-0.15, -0.1) is 0 Å². The van der Waals surface area contributed by atoms with Crippen LogP contribution in [0, 0.1) is 0 Å². The quantitative estimate of drug-likeness (QED) is 0.0222. The highest BCUT2D eigenvalue weighted by molar-refractivity contribution is 7.99. The molecule has 2 aliphatic rings. The predicted octanol–water partition coefficient (Wildman–Crippen LogP) is -2.26. The number of thioether (sulfide) groups is 2. The van der Waals surface area contributed by atoms with E-state index in [1.54, 1.807) is 0 Å². The molecule has 0 spiro atoms. The number of amides is 8. The number of carbonyl (C=O) groups excluding carboxylic acids is 8. The molecule has 90 heavy (non-hydrogen) atoms. The molecule has 5 rings (SSSR count). The lowest BCUT2D eigenvalue weighted by Crippen LogP contribution is -2.68. The second-order valence-electron chi connectivity index (χ2n) is 21.2. The van der Waals surface area contributed by atoms with Gasteiger partial charge in [0.25, 0.3) is 29.4 Å². The molecule has 0 aromatic heterocycles. The molecule has 0 saturated carbocycles. The lowest BCUT2D eigenvalue weighted by atomic mass is 9.88. The summed E-state index contributed by atoms with van der Waals surface area (Å²) in [5.74, 6) is -8.71. The van der Waals surface area contributed by atoms with Crippen LogP contribution in [0.3, 0.4) is 0 Å². The highest BCUT2D eigenvalue weighted by atomic mass is 32.2. The molecule has 0 aliphatic carbocycles. The van der Waals surface area contributed by atoms with Gasteiger partial charge < -0.3 is 107 Å². The molecule has 2 heterocycles. The Morgan fingerprint density at radius 3 is 1.26 bits per heavy atom. The summed E-state index contributed by atoms with van der Waals surface area (Å²) in [6.07, 6.45) is -17.0. The Kier molecular flexibility index (Phi) is 29.2. The van der Waals surface area contributed by atoms with E-state index in [0.717, 1.165) is 13.8 Å². The maximum atomic E-state index is 12.9. The largest absolute Gasteiger partial charge is 0.477 e. The van der Waals surface area contributed by atoms with Crippen LogP contribution in [0.2, 0.25) is 0 Å². The zero-order chi connectivity index (χ0) is 66.3. The first-order chi connectivity index (χ1) is 42.6. The minimum Gasteiger partial charge on any atom is -0.477 e. The number of benzene rings is 3. The van der Waals surface area contributed by atoms with E-state index in [2.05, 4.69) is 42.5 Å². The number of aliphatic hydroxyl groups is 8. The number of aliphatic hydroxyl groups excluding tert-OH is 7. The maximum absolute atomic E-state index is 12.9. The van der Waals surface area contributed by atoms with Gasteiger partial charge in [0.1, 0.15) is 24.4 Å². The maximum Gasteiger partial charge on any atom is 0.364 e. The summed E-state index contributed by atoms with van der Waals surface area (Å²) >= 11 is 2.83. The average Bonchev–Trinajstić information content (AvgIpc) is 1.03. The molecule has 2 fully saturated rings. The first kappa shape index (κ1) is 73.8. The van der Waals surface area contributed by atoms with E-state index in [9.17, 15) is 89.1 Å². The molecule has 2 saturated heterocycles. The van der Waals surface area contributed by atoms with Gasteiger partial charge in [-0.05, 0) is 97.1 Å². The van der Waals surface area contributed by atoms with Crippen LogP contribution in [0.25, 0.3) is 0 Å². The first-order valence-corrected chi connectivity index (χ1v) is 31.0. The Morgan fingerprint density at radius 2 is 0.878 bits per heavy atom. The summed E-state index contributed by atoms with van der Waals surface area (Å²) < 4.78 is 23.2. The molecule has 0 radical (unpaired) electrons. The smallest absolute Gasteiger partial charge is 0.364 e. The Bertz CT molecular complexity index is 2900. The SMILES string of the molecule is CC(=O)Nc1ccc(C(=O)NC[C@@H](O)[C@@H](O)[C@@H]2O[C@@](OCCCSCCNC(=O)c3ccc(C(=O)NCCSCCCO[C@]4(C(O)O)C[C@H](O)[C@@H](NC(C)=O)[C@H]([C@H](O)[C@H](O)CNC(=O)c5ccc(NC(C)=O)cc5)O4)cc3)(C(=O)O)C[C@H](O)[C@H]2NC(C)=O)cc1. The van der Waals surface area contributed by atoms with Gasteiger partial charge in [0.15, 0.2) is 0 Å². The Morgan fingerprint density at radius 1 is 0.511 bits per heavy atom. The Balaban J connectivity index is 0.985. The third-order valence-corrected chi connectivity index (χ3v) is 16.1. The fourth-order valence-corrected chi connectivity index (χ4v) is 11.1. The molecule has 2 aliphatic heterocycles. The molecule has 17 N–H and O–H groups in total. The van der Waals surface area contributed by atoms with Crippen LogP contribution in [0.15, 0.2) is 72.8 Å². The van der Waals surface area contributed by atoms with Crippen LogP contribution in [-0.2, 0) is 42.9 Å². The van der Waals surface area contributed by atoms with E-state index in [-0.39, 0.29) is 61.2 Å². The number of hydrogen-bond acceptors (Lipinski definition) is 23. The summed E-state index contributed by atoms with van der Waals surface area (Å²) in [6.45, 7) is 3.97. The molecule has 12 atom stereocenters. The summed E-state index contributed by atoms with van der Waals surface area (Å²) in [5.41, 5.74) is 1.78. The van der Waals surface area contributed by atoms with Crippen LogP contribution in [-0.4, -0.2) is 240 Å². The monoisotopic (exact) mass is 1300 g/mol. The van der Waals surface area contributed by atoms with E-state index in [0.29, 0.717) is 46.4 Å². The van der Waals surface area contributed by atoms with Crippen molar-refractivity contribution in [3.8, 4) is 0 Å². The van der Waals surface area contributed by atoms with Crippen LogP contribution in [0.1, 0.15) is 94.8 Å². The molecule has 8 amide bonds. The molecule has 496 valence electrons. The first-order valence-electron chi connectivity index (χ1n) is 28.6. The molecule has 32 heteroatoms. The van der Waals surface area contributed by atoms with Gasteiger partial charge in [0.2, 0.25) is 35.7 Å². The van der Waals surface area contributed by atoms with Crippen molar-refractivity contribution < 1.29 is 108 Å². The number of carboxylic acids is 1. The van der Waals surface area contributed by atoms with Gasteiger partial charge in [-0.3, -0.25) is 38.4 Å². The van der Waals surface area contributed by atoms with Crippen molar-refractivity contribution in [3.05, 3.63) is 95.1 Å². The van der Waals surface area contributed by atoms with Gasteiger partial charge in [-0.2, -0.15) is 23.5 Å². The third kappa shape index (κ3) is 22.2. The Hall–Kier alpha value is -6.89. The van der Waals surface area contributed by atoms with Gasteiger partial charge in [0, 0.05) is 112 Å². The number of ether oxygens (including phenoxy) is 4. The van der Waals surface area contributed by atoms with Crippen LogP contribution >= 0.6 is 23.5 Å². The number of carbonyl (C=O) groups is 9. The number of aliphatic carboxylic acids is 1. The summed E-state index contributed by atoms with van der Waals surface area (Å²) in [7, 11) is 0.